The number of carbonyl (C=O) groups excluding carboxylic acids is 1. The molecule has 0 N–H and O–H groups in total. The van der Waals surface area contributed by atoms with Crippen LogP contribution in [0.25, 0.3) is 20.4 Å². The van der Waals surface area contributed by atoms with E-state index in [-0.39, 0.29) is 5.92 Å². The Labute approximate surface area is 209 Å². The lowest BCUT2D eigenvalue weighted by Gasteiger charge is -2.39. The zero-order chi connectivity index (χ0) is 23.9. The zero-order valence-corrected chi connectivity index (χ0v) is 21.1. The molecule has 0 bridgehead atoms. The molecule has 0 spiro atoms. The number of hydrogen-bond donors (Lipinski definition) is 0. The Balaban J connectivity index is 1.13. The van der Waals surface area contributed by atoms with Crippen LogP contribution in [0.4, 0.5) is 11.5 Å². The van der Waals surface area contributed by atoms with Crippen LogP contribution in [0.2, 0.25) is 0 Å². The van der Waals surface area contributed by atoms with Gasteiger partial charge in [0.05, 0.1) is 10.2 Å². The second-order valence-electron chi connectivity index (χ2n) is 9.65. The Morgan fingerprint density at radius 3 is 2.43 bits per heavy atom. The maximum Gasteiger partial charge on any atom is 0.225 e. The molecule has 180 valence electrons. The molecule has 2 aliphatic rings. The third-order valence-electron chi connectivity index (χ3n) is 7.39. The average molecular weight is 487 g/mol. The second-order valence-corrected chi connectivity index (χ2v) is 10.6. The molecule has 35 heavy (non-hydrogen) atoms. The van der Waals surface area contributed by atoms with Crippen molar-refractivity contribution in [1.82, 2.24) is 19.9 Å². The molecule has 3 aromatic heterocycles. The molecule has 1 amide bonds. The number of benzene rings is 1. The van der Waals surface area contributed by atoms with Crippen LogP contribution >= 0.6 is 11.3 Å². The number of aryl methyl sites for hydroxylation is 2. The van der Waals surface area contributed by atoms with Crippen LogP contribution in [-0.4, -0.2) is 65.0 Å². The van der Waals surface area contributed by atoms with Crippen LogP contribution in [0.3, 0.4) is 0 Å². The molecule has 0 aliphatic carbocycles. The minimum atomic E-state index is 0.0980. The Hall–Kier alpha value is -3.26. The van der Waals surface area contributed by atoms with Crippen molar-refractivity contribution in [2.45, 2.75) is 26.7 Å². The van der Waals surface area contributed by atoms with Crippen molar-refractivity contribution in [1.29, 1.82) is 0 Å². The van der Waals surface area contributed by atoms with Gasteiger partial charge in [-0.25, -0.2) is 15.0 Å². The molecule has 2 aliphatic heterocycles. The number of pyridine rings is 1. The fourth-order valence-electron chi connectivity index (χ4n) is 5.54. The van der Waals surface area contributed by atoms with Crippen molar-refractivity contribution in [3.05, 3.63) is 54.0 Å². The van der Waals surface area contributed by atoms with Crippen LogP contribution in [-0.2, 0) is 4.79 Å². The highest BCUT2D eigenvalue weighted by molar-refractivity contribution is 7.26. The summed E-state index contributed by atoms with van der Waals surface area (Å²) in [5.41, 5.74) is 4.47. The summed E-state index contributed by atoms with van der Waals surface area (Å²) in [6.07, 6.45) is 3.40. The first-order chi connectivity index (χ1) is 17.1. The van der Waals surface area contributed by atoms with Gasteiger partial charge in [0.1, 0.15) is 17.0 Å². The molecule has 6 rings (SSSR count). The molecule has 0 atom stereocenters. The van der Waals surface area contributed by atoms with Crippen molar-refractivity contribution in [2.75, 3.05) is 49.1 Å². The highest BCUT2D eigenvalue weighted by Crippen LogP contribution is 2.39. The van der Waals surface area contributed by atoms with Gasteiger partial charge in [0.2, 0.25) is 5.91 Å². The van der Waals surface area contributed by atoms with Gasteiger partial charge in [-0.2, -0.15) is 0 Å². The average Bonchev–Trinajstić information content (AvgIpc) is 3.28. The van der Waals surface area contributed by atoms with E-state index in [9.17, 15) is 4.79 Å². The number of amides is 1. The quantitative estimate of drug-likeness (QED) is 0.427. The van der Waals surface area contributed by atoms with Gasteiger partial charge >= 0.3 is 0 Å². The lowest BCUT2D eigenvalue weighted by molar-refractivity contribution is -0.136. The van der Waals surface area contributed by atoms with Crippen LogP contribution in [0.5, 0.6) is 0 Å². The van der Waals surface area contributed by atoms with E-state index in [1.807, 2.05) is 13.0 Å². The minimum absolute atomic E-state index is 0.0980. The fraction of sp³-hybridized carbons (Fsp3) is 0.407. The number of piperidine rings is 1. The summed E-state index contributed by atoms with van der Waals surface area (Å²) in [5.74, 6) is 1.40. The first-order valence-electron chi connectivity index (χ1n) is 12.4. The summed E-state index contributed by atoms with van der Waals surface area (Å²) >= 11 is 1.68. The number of nitrogens with zero attached hydrogens (tertiary/aromatic N) is 6. The Morgan fingerprint density at radius 2 is 1.69 bits per heavy atom. The van der Waals surface area contributed by atoms with E-state index in [4.69, 9.17) is 4.98 Å². The van der Waals surface area contributed by atoms with E-state index in [0.717, 1.165) is 84.1 Å². The molecule has 0 saturated carbocycles. The Kier molecular flexibility index (Phi) is 5.76. The summed E-state index contributed by atoms with van der Waals surface area (Å²) in [4.78, 5) is 35.1. The number of fused-ring (bicyclic) bond motifs is 3. The normalized spacial score (nSPS) is 17.5. The van der Waals surface area contributed by atoms with Crippen LogP contribution < -0.4 is 9.80 Å². The van der Waals surface area contributed by atoms with Gasteiger partial charge in [0.15, 0.2) is 0 Å². The van der Waals surface area contributed by atoms with E-state index in [0.29, 0.717) is 5.91 Å². The van der Waals surface area contributed by atoms with Gasteiger partial charge in [0.25, 0.3) is 0 Å². The van der Waals surface area contributed by atoms with E-state index in [2.05, 4.69) is 61.9 Å². The van der Waals surface area contributed by atoms with Gasteiger partial charge in [-0.3, -0.25) is 4.79 Å². The predicted molar refractivity (Wildman–Crippen MR) is 142 cm³/mol. The first kappa shape index (κ1) is 22.2. The summed E-state index contributed by atoms with van der Waals surface area (Å²) in [5, 5.41) is 1.14. The zero-order valence-electron chi connectivity index (χ0n) is 20.3. The first-order valence-corrected chi connectivity index (χ1v) is 13.3. The van der Waals surface area contributed by atoms with E-state index < -0.39 is 0 Å². The fourth-order valence-corrected chi connectivity index (χ4v) is 6.81. The molecular formula is C27H30N6OS. The van der Waals surface area contributed by atoms with Crippen molar-refractivity contribution >= 4 is 49.2 Å². The number of hydrogen-bond acceptors (Lipinski definition) is 7. The van der Waals surface area contributed by atoms with Gasteiger partial charge in [-0.05, 0) is 50.5 Å². The molecule has 8 heteroatoms. The van der Waals surface area contributed by atoms with Crippen molar-refractivity contribution in [2.24, 2.45) is 5.92 Å². The summed E-state index contributed by atoms with van der Waals surface area (Å²) in [6.45, 7) is 9.23. The third-order valence-corrected chi connectivity index (χ3v) is 8.46. The molecule has 7 nitrogen and oxygen atoms in total. The molecule has 1 aromatic carbocycles. The molecule has 2 saturated heterocycles. The van der Waals surface area contributed by atoms with Gasteiger partial charge in [-0.15, -0.1) is 11.3 Å². The molecule has 0 unspecified atom stereocenters. The summed E-state index contributed by atoms with van der Waals surface area (Å²) in [6, 6.07) is 12.6. The van der Waals surface area contributed by atoms with Crippen LogP contribution in [0, 0.1) is 19.8 Å². The van der Waals surface area contributed by atoms with E-state index in [1.54, 1.807) is 17.7 Å². The number of thiophene rings is 1. The topological polar surface area (TPSA) is 65.5 Å². The molecular weight excluding hydrogens is 456 g/mol. The second kappa shape index (κ2) is 9.07. The lowest BCUT2D eigenvalue weighted by atomic mass is 9.95. The molecule has 2 fully saturated rings. The number of rotatable bonds is 3. The number of piperazine rings is 1. The molecule has 4 aromatic rings. The standard InChI is InChI=1S/C27H30N6OS/c1-18-16-19(2)30-26-22(18)23-24(35-26)25(29-17-28-23)32-10-8-20(9-11-32)27(34)33-14-12-31(13-15-33)21-6-4-3-5-7-21/h3-7,16-17,20H,8-15H2,1-2H3. The highest BCUT2D eigenvalue weighted by atomic mass is 32.1. The smallest absolute Gasteiger partial charge is 0.225 e. The number of anilines is 2. The largest absolute Gasteiger partial charge is 0.368 e. The van der Waals surface area contributed by atoms with Gasteiger partial charge < -0.3 is 14.7 Å². The number of para-hydroxylation sites is 1. The molecule has 5 heterocycles. The lowest BCUT2D eigenvalue weighted by Crippen LogP contribution is -2.51. The molecule has 0 radical (unpaired) electrons. The summed E-state index contributed by atoms with van der Waals surface area (Å²) < 4.78 is 1.10. The van der Waals surface area contributed by atoms with E-state index >= 15 is 0 Å². The van der Waals surface area contributed by atoms with Crippen molar-refractivity contribution in [3.8, 4) is 0 Å². The van der Waals surface area contributed by atoms with Crippen molar-refractivity contribution < 1.29 is 4.79 Å². The van der Waals surface area contributed by atoms with Crippen molar-refractivity contribution in [3.63, 3.8) is 0 Å². The maximum atomic E-state index is 13.3. The summed E-state index contributed by atoms with van der Waals surface area (Å²) in [7, 11) is 0. The van der Waals surface area contributed by atoms with E-state index in [1.165, 1.54) is 11.3 Å². The Bertz CT molecular complexity index is 1370. The van der Waals surface area contributed by atoms with Crippen LogP contribution in [0.15, 0.2) is 42.7 Å². The predicted octanol–water partition coefficient (Wildman–Crippen LogP) is 4.42. The van der Waals surface area contributed by atoms with Crippen LogP contribution in [0.1, 0.15) is 24.1 Å². The maximum absolute atomic E-state index is 13.3. The monoisotopic (exact) mass is 486 g/mol. The SMILES string of the molecule is Cc1cc(C)c2c(n1)sc1c(N3CCC(C(=O)N4CCN(c5ccccc5)CC4)CC3)ncnc12. The third kappa shape index (κ3) is 4.10. The highest BCUT2D eigenvalue weighted by Gasteiger charge is 2.31. The minimum Gasteiger partial charge on any atom is -0.368 e. The number of aromatic nitrogens is 3. The Morgan fingerprint density at radius 1 is 0.943 bits per heavy atom. The van der Waals surface area contributed by atoms with Gasteiger partial charge in [-0.1, -0.05) is 18.2 Å². The number of carbonyl (C=O) groups is 1. The van der Waals surface area contributed by atoms with Gasteiger partial charge in [0, 0.05) is 62.0 Å².